The number of hydrogen-bond acceptors (Lipinski definition) is 11. The third-order valence-corrected chi connectivity index (χ3v) is 7.91. The van der Waals surface area contributed by atoms with Gasteiger partial charge in [0.05, 0.1) is 49.7 Å². The van der Waals surface area contributed by atoms with Crippen LogP contribution in [-0.2, 0) is 19.1 Å². The van der Waals surface area contributed by atoms with Crippen molar-refractivity contribution >= 4 is 41.1 Å². The number of nitrogens with zero attached hydrogens (tertiary/aromatic N) is 7. The molecular weight excluding hydrogens is 500 g/mol. The minimum atomic E-state index is -0.163. The highest BCUT2D eigenvalue weighted by molar-refractivity contribution is 6.22. The quantitative estimate of drug-likeness (QED) is 0.334. The molecule has 1 aliphatic carbocycles. The van der Waals surface area contributed by atoms with Crippen molar-refractivity contribution in [2.24, 2.45) is 16.9 Å². The third-order valence-electron chi connectivity index (χ3n) is 7.91. The van der Waals surface area contributed by atoms with Crippen LogP contribution in [0.4, 0.5) is 23.5 Å². The number of amides is 2. The van der Waals surface area contributed by atoms with Crippen molar-refractivity contribution in [3.05, 3.63) is 29.8 Å². The van der Waals surface area contributed by atoms with E-state index in [0.717, 1.165) is 37.0 Å². The number of nitrogens with one attached hydrogen (secondary N) is 1. The van der Waals surface area contributed by atoms with Crippen molar-refractivity contribution in [1.29, 1.82) is 0 Å². The maximum Gasteiger partial charge on any atom is 0.250 e. The fourth-order valence-electron chi connectivity index (χ4n) is 5.68. The summed E-state index contributed by atoms with van der Waals surface area (Å²) in [5, 5.41) is 4.53. The van der Waals surface area contributed by atoms with Crippen molar-refractivity contribution in [2.45, 2.75) is 32.6 Å². The second-order valence-electron chi connectivity index (χ2n) is 10.3. The Kier molecular flexibility index (Phi) is 7.38. The van der Waals surface area contributed by atoms with E-state index in [0.29, 0.717) is 76.1 Å². The second-order valence-corrected chi connectivity index (χ2v) is 10.3. The molecule has 2 atom stereocenters. The molecule has 2 amide bonds. The second kappa shape index (κ2) is 11.2. The van der Waals surface area contributed by atoms with Gasteiger partial charge in [-0.15, -0.1) is 0 Å². The minimum Gasteiger partial charge on any atom is -0.378 e. The lowest BCUT2D eigenvalue weighted by molar-refractivity contribution is -0.122. The van der Waals surface area contributed by atoms with Crippen LogP contribution >= 0.6 is 0 Å². The van der Waals surface area contributed by atoms with E-state index < -0.39 is 0 Å². The molecule has 0 unspecified atom stereocenters. The van der Waals surface area contributed by atoms with Gasteiger partial charge in [-0.2, -0.15) is 20.1 Å². The van der Waals surface area contributed by atoms with E-state index in [1.54, 1.807) is 0 Å². The summed E-state index contributed by atoms with van der Waals surface area (Å²) in [6.07, 6.45) is 3.63. The Morgan fingerprint density at radius 2 is 1.33 bits per heavy atom. The van der Waals surface area contributed by atoms with Crippen LogP contribution in [0.2, 0.25) is 0 Å². The zero-order valence-electron chi connectivity index (χ0n) is 22.2. The topological polar surface area (TPSA) is 125 Å². The molecule has 0 radical (unpaired) electrons. The first kappa shape index (κ1) is 25.6. The Labute approximate surface area is 227 Å². The number of ether oxygens (including phenoxy) is 2. The average molecular weight is 535 g/mol. The SMILES string of the molecule is C/C(=N/Nc1nc(N2CCOCC2)nc(N2CCOCC2)n1)c1ccc(N2C(=O)[C@@H]3CCCC[C@H]3C2=O)cc1. The lowest BCUT2D eigenvalue weighted by Crippen LogP contribution is -2.40. The largest absolute Gasteiger partial charge is 0.378 e. The fraction of sp³-hybridized carbons (Fsp3) is 0.556. The zero-order chi connectivity index (χ0) is 26.8. The minimum absolute atomic E-state index is 0.0634. The summed E-state index contributed by atoms with van der Waals surface area (Å²) >= 11 is 0. The Balaban J connectivity index is 1.19. The predicted octanol–water partition coefficient (Wildman–Crippen LogP) is 2.06. The summed E-state index contributed by atoms with van der Waals surface area (Å²) in [6.45, 7) is 7.25. The number of aromatic nitrogens is 3. The van der Waals surface area contributed by atoms with E-state index in [-0.39, 0.29) is 23.7 Å². The predicted molar refractivity (Wildman–Crippen MR) is 146 cm³/mol. The first-order chi connectivity index (χ1) is 19.1. The van der Waals surface area contributed by atoms with Crippen molar-refractivity contribution in [3.8, 4) is 0 Å². The van der Waals surface area contributed by atoms with Crippen LogP contribution < -0.4 is 20.1 Å². The van der Waals surface area contributed by atoms with Crippen molar-refractivity contribution in [3.63, 3.8) is 0 Å². The summed E-state index contributed by atoms with van der Waals surface area (Å²) < 4.78 is 11.0. The Bertz CT molecular complexity index is 1180. The van der Waals surface area contributed by atoms with Crippen molar-refractivity contribution in [2.75, 3.05) is 72.7 Å². The van der Waals surface area contributed by atoms with Gasteiger partial charge in [0.1, 0.15) is 0 Å². The van der Waals surface area contributed by atoms with E-state index in [9.17, 15) is 9.59 Å². The smallest absolute Gasteiger partial charge is 0.250 e. The summed E-state index contributed by atoms with van der Waals surface area (Å²) in [6, 6.07) is 7.39. The molecule has 3 saturated heterocycles. The monoisotopic (exact) mass is 534 g/mol. The Morgan fingerprint density at radius 3 is 1.85 bits per heavy atom. The fourth-order valence-corrected chi connectivity index (χ4v) is 5.68. The molecule has 39 heavy (non-hydrogen) atoms. The summed E-state index contributed by atoms with van der Waals surface area (Å²) in [4.78, 5) is 45.4. The molecule has 1 aromatic heterocycles. The zero-order valence-corrected chi connectivity index (χ0v) is 22.2. The average Bonchev–Trinajstić information content (AvgIpc) is 3.26. The summed E-state index contributed by atoms with van der Waals surface area (Å²) in [5.41, 5.74) is 5.21. The van der Waals surface area contributed by atoms with Crippen LogP contribution in [0.3, 0.4) is 0 Å². The number of rotatable bonds is 6. The number of carbonyl (C=O) groups is 2. The molecule has 3 aliphatic heterocycles. The van der Waals surface area contributed by atoms with Gasteiger partial charge in [-0.3, -0.25) is 14.5 Å². The standard InChI is InChI=1S/C27H34N8O4/c1-18(19-6-8-20(9-7-19)35-23(36)21-4-2-3-5-22(21)24(35)37)31-32-25-28-26(33-10-14-38-15-11-33)30-27(29-25)34-12-16-39-17-13-34/h6-9,21-22H,2-5,10-17H2,1H3,(H,28,29,30,32)/b31-18-/t21-,22-/m1/s1. The Hall–Kier alpha value is -3.64. The van der Waals surface area contributed by atoms with Gasteiger partial charge in [-0.1, -0.05) is 25.0 Å². The van der Waals surface area contributed by atoms with Crippen LogP contribution in [-0.4, -0.2) is 85.1 Å². The van der Waals surface area contributed by atoms with Gasteiger partial charge < -0.3 is 19.3 Å². The number of benzene rings is 1. The highest BCUT2D eigenvalue weighted by Gasteiger charge is 2.48. The van der Waals surface area contributed by atoms with E-state index in [1.165, 1.54) is 4.90 Å². The highest BCUT2D eigenvalue weighted by Crippen LogP contribution is 2.40. The number of carbonyl (C=O) groups excluding carboxylic acids is 2. The van der Waals surface area contributed by atoms with Gasteiger partial charge in [0.25, 0.3) is 0 Å². The van der Waals surface area contributed by atoms with Gasteiger partial charge in [0, 0.05) is 26.2 Å². The molecule has 1 aromatic carbocycles. The molecule has 1 saturated carbocycles. The highest BCUT2D eigenvalue weighted by atomic mass is 16.5. The van der Waals surface area contributed by atoms with Gasteiger partial charge in [-0.25, -0.2) is 5.43 Å². The maximum absolute atomic E-state index is 12.9. The first-order valence-electron chi connectivity index (χ1n) is 13.8. The molecule has 0 bridgehead atoms. The van der Waals surface area contributed by atoms with Gasteiger partial charge in [0.2, 0.25) is 29.7 Å². The number of hydrogen-bond donors (Lipinski definition) is 1. The maximum atomic E-state index is 12.9. The van der Waals surface area contributed by atoms with Crippen LogP contribution in [0.5, 0.6) is 0 Å². The van der Waals surface area contributed by atoms with Gasteiger partial charge in [-0.05, 0) is 37.5 Å². The molecule has 12 nitrogen and oxygen atoms in total. The van der Waals surface area contributed by atoms with E-state index in [1.807, 2.05) is 31.2 Å². The molecule has 4 aliphatic rings. The molecule has 12 heteroatoms. The molecule has 4 heterocycles. The summed E-state index contributed by atoms with van der Waals surface area (Å²) in [5.74, 6) is 1.09. The molecule has 0 spiro atoms. The van der Waals surface area contributed by atoms with Crippen molar-refractivity contribution in [1.82, 2.24) is 15.0 Å². The third kappa shape index (κ3) is 5.30. The molecular formula is C27H34N8O4. The van der Waals surface area contributed by atoms with Gasteiger partial charge in [0.15, 0.2) is 0 Å². The number of hydrazone groups is 1. The lowest BCUT2D eigenvalue weighted by Gasteiger charge is -2.30. The van der Waals surface area contributed by atoms with E-state index in [4.69, 9.17) is 14.5 Å². The van der Waals surface area contributed by atoms with Crippen LogP contribution in [0, 0.1) is 11.8 Å². The van der Waals surface area contributed by atoms with Crippen LogP contribution in [0.15, 0.2) is 29.4 Å². The number of morpholine rings is 2. The van der Waals surface area contributed by atoms with E-state index in [2.05, 4.69) is 30.3 Å². The lowest BCUT2D eigenvalue weighted by atomic mass is 9.81. The molecule has 2 aromatic rings. The van der Waals surface area contributed by atoms with Crippen LogP contribution in [0.1, 0.15) is 38.2 Å². The molecule has 4 fully saturated rings. The Morgan fingerprint density at radius 1 is 0.821 bits per heavy atom. The first-order valence-corrected chi connectivity index (χ1v) is 13.8. The molecule has 6 rings (SSSR count). The van der Waals surface area contributed by atoms with E-state index >= 15 is 0 Å². The number of anilines is 4. The summed E-state index contributed by atoms with van der Waals surface area (Å²) in [7, 11) is 0. The van der Waals surface area contributed by atoms with Crippen molar-refractivity contribution < 1.29 is 19.1 Å². The van der Waals surface area contributed by atoms with Gasteiger partial charge >= 0.3 is 0 Å². The number of fused-ring (bicyclic) bond motifs is 1. The van der Waals surface area contributed by atoms with Crippen LogP contribution in [0.25, 0.3) is 0 Å². The number of imide groups is 1. The molecule has 1 N–H and O–H groups in total. The molecule has 206 valence electrons. The normalized spacial score (nSPS) is 24.2.